The number of carbonyl (C=O) groups excluding carboxylic acids is 1. The molecule has 0 aliphatic heterocycles. The number of benzene rings is 2. The number of hydrogen-bond acceptors (Lipinski definition) is 4. The number of rotatable bonds is 3. The van der Waals surface area contributed by atoms with Gasteiger partial charge in [-0.1, -0.05) is 12.1 Å². The zero-order chi connectivity index (χ0) is 14.7. The summed E-state index contributed by atoms with van der Waals surface area (Å²) in [6.07, 6.45) is 0. The van der Waals surface area contributed by atoms with Crippen molar-refractivity contribution in [3.8, 4) is 11.5 Å². The fraction of sp³-hybridized carbons (Fsp3) is 0.188. The van der Waals surface area contributed by atoms with Gasteiger partial charge in [-0.2, -0.15) is 0 Å². The van der Waals surface area contributed by atoms with Gasteiger partial charge in [0.05, 0.1) is 12.7 Å². The molecule has 0 aromatic heterocycles. The van der Waals surface area contributed by atoms with E-state index < -0.39 is 5.97 Å². The molecule has 0 saturated carbocycles. The first-order chi connectivity index (χ1) is 9.51. The van der Waals surface area contributed by atoms with Crippen molar-refractivity contribution in [1.29, 1.82) is 0 Å². The standard InChI is InChI=1S/C16H17NO3/c1-10-4-5-11(2)15(8-10)20-12-6-7-14(17)13(9-12)16(18)19-3/h4-9H,17H2,1-3H3. The third kappa shape index (κ3) is 2.91. The van der Waals surface area contributed by atoms with Crippen LogP contribution in [0.3, 0.4) is 0 Å². The first kappa shape index (κ1) is 13.9. The van der Waals surface area contributed by atoms with Gasteiger partial charge in [0.1, 0.15) is 11.5 Å². The summed E-state index contributed by atoms with van der Waals surface area (Å²) >= 11 is 0. The summed E-state index contributed by atoms with van der Waals surface area (Å²) in [7, 11) is 1.32. The lowest BCUT2D eigenvalue weighted by Gasteiger charge is -2.11. The van der Waals surface area contributed by atoms with Crippen LogP contribution in [0.2, 0.25) is 0 Å². The number of esters is 1. The molecular weight excluding hydrogens is 254 g/mol. The molecule has 0 amide bonds. The van der Waals surface area contributed by atoms with E-state index in [9.17, 15) is 4.79 Å². The summed E-state index contributed by atoms with van der Waals surface area (Å²) in [4.78, 5) is 11.6. The van der Waals surface area contributed by atoms with Crippen molar-refractivity contribution in [2.24, 2.45) is 0 Å². The predicted molar refractivity (Wildman–Crippen MR) is 78.2 cm³/mol. The Hall–Kier alpha value is -2.49. The molecule has 0 atom stereocenters. The van der Waals surface area contributed by atoms with Gasteiger partial charge < -0.3 is 15.2 Å². The largest absolute Gasteiger partial charge is 0.465 e. The van der Waals surface area contributed by atoms with Gasteiger partial charge in [-0.25, -0.2) is 4.79 Å². The van der Waals surface area contributed by atoms with Crippen molar-refractivity contribution in [2.75, 3.05) is 12.8 Å². The van der Waals surface area contributed by atoms with Gasteiger partial charge in [-0.05, 0) is 49.2 Å². The van der Waals surface area contributed by atoms with Crippen LogP contribution in [0.25, 0.3) is 0 Å². The number of anilines is 1. The van der Waals surface area contributed by atoms with E-state index in [0.29, 0.717) is 17.0 Å². The second-order valence-electron chi connectivity index (χ2n) is 4.61. The molecule has 2 aromatic rings. The fourth-order valence-electron chi connectivity index (χ4n) is 1.83. The summed E-state index contributed by atoms with van der Waals surface area (Å²) < 4.78 is 10.5. The van der Waals surface area contributed by atoms with Crippen LogP contribution < -0.4 is 10.5 Å². The van der Waals surface area contributed by atoms with Crippen LogP contribution in [-0.2, 0) is 4.74 Å². The molecule has 20 heavy (non-hydrogen) atoms. The SMILES string of the molecule is COC(=O)c1cc(Oc2cc(C)ccc2C)ccc1N. The Kier molecular flexibility index (Phi) is 3.94. The van der Waals surface area contributed by atoms with Gasteiger partial charge in [0.15, 0.2) is 0 Å². The summed E-state index contributed by atoms with van der Waals surface area (Å²) in [5.74, 6) is 0.827. The first-order valence-electron chi connectivity index (χ1n) is 6.24. The minimum atomic E-state index is -0.478. The summed E-state index contributed by atoms with van der Waals surface area (Å²) in [5.41, 5.74) is 8.55. The highest BCUT2D eigenvalue weighted by molar-refractivity contribution is 5.95. The van der Waals surface area contributed by atoms with Crippen molar-refractivity contribution < 1.29 is 14.3 Å². The second-order valence-corrected chi connectivity index (χ2v) is 4.61. The lowest BCUT2D eigenvalue weighted by atomic mass is 10.1. The zero-order valence-electron chi connectivity index (χ0n) is 11.8. The molecule has 2 N–H and O–H groups in total. The predicted octanol–water partition coefficient (Wildman–Crippen LogP) is 3.46. The highest BCUT2D eigenvalue weighted by Gasteiger charge is 2.12. The average molecular weight is 271 g/mol. The molecule has 0 aliphatic rings. The summed E-state index contributed by atoms with van der Waals surface area (Å²) in [6, 6.07) is 10.9. The molecule has 0 fully saturated rings. The molecule has 0 saturated heterocycles. The van der Waals surface area contributed by atoms with Crippen LogP contribution in [0, 0.1) is 13.8 Å². The Morgan fingerprint density at radius 1 is 1.10 bits per heavy atom. The second kappa shape index (κ2) is 5.65. The smallest absolute Gasteiger partial charge is 0.340 e. The molecule has 2 aromatic carbocycles. The number of methoxy groups -OCH3 is 1. The van der Waals surface area contributed by atoms with E-state index in [-0.39, 0.29) is 0 Å². The molecule has 2 rings (SSSR count). The number of nitrogen functional groups attached to an aromatic ring is 1. The van der Waals surface area contributed by atoms with Crippen molar-refractivity contribution >= 4 is 11.7 Å². The van der Waals surface area contributed by atoms with E-state index in [1.807, 2.05) is 32.0 Å². The molecule has 0 heterocycles. The summed E-state index contributed by atoms with van der Waals surface area (Å²) in [6.45, 7) is 3.96. The Labute approximate surface area is 118 Å². The third-order valence-corrected chi connectivity index (χ3v) is 3.00. The van der Waals surface area contributed by atoms with Crippen LogP contribution in [0.4, 0.5) is 5.69 Å². The molecule has 0 aliphatic carbocycles. The first-order valence-corrected chi connectivity index (χ1v) is 6.24. The summed E-state index contributed by atoms with van der Waals surface area (Å²) in [5, 5.41) is 0. The van der Waals surface area contributed by atoms with E-state index >= 15 is 0 Å². The topological polar surface area (TPSA) is 61.5 Å². The van der Waals surface area contributed by atoms with Gasteiger partial charge in [0, 0.05) is 5.69 Å². The van der Waals surface area contributed by atoms with Gasteiger partial charge in [-0.15, -0.1) is 0 Å². The minimum Gasteiger partial charge on any atom is -0.465 e. The van der Waals surface area contributed by atoms with Crippen LogP contribution in [0.1, 0.15) is 21.5 Å². The van der Waals surface area contributed by atoms with Crippen LogP contribution in [-0.4, -0.2) is 13.1 Å². The Bertz CT molecular complexity index is 650. The van der Waals surface area contributed by atoms with E-state index in [1.165, 1.54) is 7.11 Å². The molecule has 104 valence electrons. The van der Waals surface area contributed by atoms with Gasteiger partial charge in [0.25, 0.3) is 0 Å². The van der Waals surface area contributed by atoms with E-state index in [1.54, 1.807) is 18.2 Å². The number of ether oxygens (including phenoxy) is 2. The third-order valence-electron chi connectivity index (χ3n) is 3.00. The highest BCUT2D eigenvalue weighted by Crippen LogP contribution is 2.28. The molecule has 0 unspecified atom stereocenters. The monoisotopic (exact) mass is 271 g/mol. The van der Waals surface area contributed by atoms with Gasteiger partial charge >= 0.3 is 5.97 Å². The maximum Gasteiger partial charge on any atom is 0.340 e. The number of nitrogens with two attached hydrogens (primary N) is 1. The van der Waals surface area contributed by atoms with Crippen LogP contribution in [0.5, 0.6) is 11.5 Å². The maximum atomic E-state index is 11.6. The van der Waals surface area contributed by atoms with Gasteiger partial charge in [-0.3, -0.25) is 0 Å². The maximum absolute atomic E-state index is 11.6. The minimum absolute atomic E-state index is 0.301. The molecule has 4 nitrogen and oxygen atoms in total. The van der Waals surface area contributed by atoms with Crippen molar-refractivity contribution in [3.63, 3.8) is 0 Å². The highest BCUT2D eigenvalue weighted by atomic mass is 16.5. The van der Waals surface area contributed by atoms with Gasteiger partial charge in [0.2, 0.25) is 0 Å². The van der Waals surface area contributed by atoms with Crippen LogP contribution in [0.15, 0.2) is 36.4 Å². The van der Waals surface area contributed by atoms with E-state index in [2.05, 4.69) is 0 Å². The number of carbonyl (C=O) groups is 1. The Morgan fingerprint density at radius 2 is 1.85 bits per heavy atom. The molecule has 0 bridgehead atoms. The Balaban J connectivity index is 2.34. The molecule has 0 radical (unpaired) electrons. The quantitative estimate of drug-likeness (QED) is 0.686. The average Bonchev–Trinajstić information content (AvgIpc) is 2.44. The normalized spacial score (nSPS) is 10.2. The lowest BCUT2D eigenvalue weighted by Crippen LogP contribution is -2.05. The Morgan fingerprint density at radius 3 is 2.55 bits per heavy atom. The van der Waals surface area contributed by atoms with Crippen molar-refractivity contribution in [3.05, 3.63) is 53.1 Å². The number of hydrogen-bond donors (Lipinski definition) is 1. The van der Waals surface area contributed by atoms with Crippen molar-refractivity contribution in [1.82, 2.24) is 0 Å². The van der Waals surface area contributed by atoms with Crippen molar-refractivity contribution in [2.45, 2.75) is 13.8 Å². The van der Waals surface area contributed by atoms with Crippen LogP contribution >= 0.6 is 0 Å². The van der Waals surface area contributed by atoms with E-state index in [0.717, 1.165) is 16.9 Å². The lowest BCUT2D eigenvalue weighted by molar-refractivity contribution is 0.0601. The molecular formula is C16H17NO3. The van der Waals surface area contributed by atoms with E-state index in [4.69, 9.17) is 15.2 Å². The molecule has 4 heteroatoms. The fourth-order valence-corrected chi connectivity index (χ4v) is 1.83. The zero-order valence-corrected chi connectivity index (χ0v) is 11.8. The molecule has 0 spiro atoms. The number of aryl methyl sites for hydroxylation is 2.